The minimum Gasteiger partial charge on any atom is -0.480 e. The van der Waals surface area contributed by atoms with E-state index in [0.29, 0.717) is 0 Å². The van der Waals surface area contributed by atoms with Crippen LogP contribution < -0.4 is 22.1 Å². The van der Waals surface area contributed by atoms with Crippen LogP contribution in [0.2, 0.25) is 0 Å². The molecule has 0 saturated heterocycles. The lowest BCUT2D eigenvalue weighted by Crippen LogP contribution is -2.54. The van der Waals surface area contributed by atoms with Gasteiger partial charge in [0.1, 0.15) is 12.1 Å². The molecule has 9 nitrogen and oxygen atoms in total. The molecule has 0 aliphatic heterocycles. The number of amides is 3. The molecular formula is C17H24N4O5. The Balaban J connectivity index is 2.73. The van der Waals surface area contributed by atoms with Crippen LogP contribution in [0.1, 0.15) is 25.3 Å². The first kappa shape index (κ1) is 21.1. The topological polar surface area (TPSA) is 165 Å². The second-order valence-electron chi connectivity index (χ2n) is 5.93. The summed E-state index contributed by atoms with van der Waals surface area (Å²) >= 11 is 0. The van der Waals surface area contributed by atoms with Crippen LogP contribution >= 0.6 is 0 Å². The highest BCUT2D eigenvalue weighted by Gasteiger charge is 2.26. The highest BCUT2D eigenvalue weighted by Crippen LogP contribution is 2.04. The zero-order valence-electron chi connectivity index (χ0n) is 14.5. The number of carboxylic acid groups (broad SMARTS) is 1. The van der Waals surface area contributed by atoms with Gasteiger partial charge in [-0.1, -0.05) is 30.3 Å². The number of hydrogen-bond acceptors (Lipinski definition) is 5. The van der Waals surface area contributed by atoms with Crippen LogP contribution in [0.25, 0.3) is 0 Å². The van der Waals surface area contributed by atoms with Crippen molar-refractivity contribution in [2.75, 3.05) is 0 Å². The average molecular weight is 364 g/mol. The predicted molar refractivity (Wildman–Crippen MR) is 93.7 cm³/mol. The van der Waals surface area contributed by atoms with Gasteiger partial charge in [0.2, 0.25) is 17.7 Å². The summed E-state index contributed by atoms with van der Waals surface area (Å²) in [5.41, 5.74) is 11.8. The molecule has 0 bridgehead atoms. The van der Waals surface area contributed by atoms with E-state index in [9.17, 15) is 19.2 Å². The summed E-state index contributed by atoms with van der Waals surface area (Å²) in [6.07, 6.45) is 0.0629. The lowest BCUT2D eigenvalue weighted by Gasteiger charge is -2.21. The van der Waals surface area contributed by atoms with Crippen molar-refractivity contribution < 1.29 is 24.3 Å². The van der Waals surface area contributed by atoms with E-state index in [1.165, 1.54) is 6.92 Å². The largest absolute Gasteiger partial charge is 0.480 e. The maximum absolute atomic E-state index is 12.3. The summed E-state index contributed by atoms with van der Waals surface area (Å²) < 4.78 is 0. The van der Waals surface area contributed by atoms with Crippen molar-refractivity contribution in [3.05, 3.63) is 35.9 Å². The summed E-state index contributed by atoms with van der Waals surface area (Å²) in [7, 11) is 0. The van der Waals surface area contributed by atoms with E-state index in [0.717, 1.165) is 5.56 Å². The van der Waals surface area contributed by atoms with Crippen molar-refractivity contribution in [3.8, 4) is 0 Å². The quantitative estimate of drug-likeness (QED) is 0.353. The molecule has 0 saturated carbocycles. The maximum Gasteiger partial charge on any atom is 0.325 e. The van der Waals surface area contributed by atoms with Gasteiger partial charge in [0.25, 0.3) is 0 Å². The van der Waals surface area contributed by atoms with E-state index >= 15 is 0 Å². The lowest BCUT2D eigenvalue weighted by atomic mass is 10.0. The average Bonchev–Trinajstić information content (AvgIpc) is 2.58. The van der Waals surface area contributed by atoms with Crippen molar-refractivity contribution in [1.82, 2.24) is 10.6 Å². The molecule has 3 amide bonds. The Morgan fingerprint density at radius 3 is 2.23 bits per heavy atom. The van der Waals surface area contributed by atoms with Crippen LogP contribution in [0.4, 0.5) is 0 Å². The van der Waals surface area contributed by atoms with Gasteiger partial charge in [-0.25, -0.2) is 0 Å². The minimum absolute atomic E-state index is 0.0582. The van der Waals surface area contributed by atoms with E-state index in [-0.39, 0.29) is 19.3 Å². The number of hydrogen-bond donors (Lipinski definition) is 5. The zero-order chi connectivity index (χ0) is 19.7. The highest BCUT2D eigenvalue weighted by atomic mass is 16.4. The van der Waals surface area contributed by atoms with Gasteiger partial charge in [-0.05, 0) is 25.3 Å². The molecule has 0 spiro atoms. The molecule has 0 aromatic heterocycles. The Hall–Kier alpha value is -2.94. The number of nitrogens with one attached hydrogen (secondary N) is 2. The number of carbonyl (C=O) groups excluding carboxylic acids is 3. The van der Waals surface area contributed by atoms with Crippen LogP contribution in [-0.2, 0) is 25.6 Å². The summed E-state index contributed by atoms with van der Waals surface area (Å²) in [5.74, 6) is -3.17. The van der Waals surface area contributed by atoms with Gasteiger partial charge < -0.3 is 27.2 Å². The van der Waals surface area contributed by atoms with Crippen LogP contribution in [0.3, 0.4) is 0 Å². The van der Waals surface area contributed by atoms with E-state index in [2.05, 4.69) is 10.6 Å². The fraction of sp³-hybridized carbons (Fsp3) is 0.412. The minimum atomic E-state index is -1.22. The standard InChI is InChI=1S/C17H24N4O5/c1-10(17(25)26)20-16(24)13(7-8-14(19)22)21-15(23)12(18)9-11-5-3-2-4-6-11/h2-6,10,12-13H,7-9,18H2,1H3,(H2,19,22)(H,20,24)(H,21,23)(H,25,26)/t10-,12-,13-/m0/s1. The van der Waals surface area contributed by atoms with Gasteiger partial charge in [-0.3, -0.25) is 19.2 Å². The summed E-state index contributed by atoms with van der Waals surface area (Å²) in [6.45, 7) is 1.29. The first-order valence-electron chi connectivity index (χ1n) is 8.12. The predicted octanol–water partition coefficient (Wildman–Crippen LogP) is -1.10. The van der Waals surface area contributed by atoms with Crippen molar-refractivity contribution in [3.63, 3.8) is 0 Å². The molecule has 0 fully saturated rings. The molecule has 1 rings (SSSR count). The number of carboxylic acids is 1. The molecule has 0 aliphatic rings. The Bertz CT molecular complexity index is 650. The molecule has 26 heavy (non-hydrogen) atoms. The maximum atomic E-state index is 12.3. The molecule has 0 heterocycles. The van der Waals surface area contributed by atoms with Gasteiger partial charge in [0, 0.05) is 6.42 Å². The third kappa shape index (κ3) is 7.31. The number of carbonyl (C=O) groups is 4. The van der Waals surface area contributed by atoms with Gasteiger partial charge >= 0.3 is 5.97 Å². The lowest BCUT2D eigenvalue weighted by molar-refractivity contribution is -0.141. The number of nitrogens with two attached hydrogens (primary N) is 2. The molecule has 0 aliphatic carbocycles. The molecule has 9 heteroatoms. The third-order valence-electron chi connectivity index (χ3n) is 3.68. The van der Waals surface area contributed by atoms with Crippen LogP contribution in [0, 0.1) is 0 Å². The van der Waals surface area contributed by atoms with Crippen LogP contribution in [0.15, 0.2) is 30.3 Å². The van der Waals surface area contributed by atoms with Gasteiger partial charge in [-0.15, -0.1) is 0 Å². The zero-order valence-corrected chi connectivity index (χ0v) is 14.5. The first-order chi connectivity index (χ1) is 12.2. The molecule has 0 radical (unpaired) electrons. The molecule has 1 aromatic rings. The van der Waals surface area contributed by atoms with Crippen molar-refractivity contribution in [2.45, 2.75) is 44.3 Å². The number of aliphatic carboxylic acids is 1. The van der Waals surface area contributed by atoms with Gasteiger partial charge in [0.15, 0.2) is 0 Å². The molecule has 142 valence electrons. The van der Waals surface area contributed by atoms with E-state index in [1.54, 1.807) is 0 Å². The Labute approximate surface area is 151 Å². The van der Waals surface area contributed by atoms with Crippen molar-refractivity contribution in [1.29, 1.82) is 0 Å². The molecule has 0 unspecified atom stereocenters. The molecule has 7 N–H and O–H groups in total. The Morgan fingerprint density at radius 2 is 1.69 bits per heavy atom. The molecular weight excluding hydrogens is 340 g/mol. The van der Waals surface area contributed by atoms with E-state index < -0.39 is 41.8 Å². The number of rotatable bonds is 10. The van der Waals surface area contributed by atoms with Gasteiger partial charge in [0.05, 0.1) is 6.04 Å². The third-order valence-corrected chi connectivity index (χ3v) is 3.68. The fourth-order valence-electron chi connectivity index (χ4n) is 2.17. The first-order valence-corrected chi connectivity index (χ1v) is 8.12. The summed E-state index contributed by atoms with van der Waals surface area (Å²) in [4.78, 5) is 46.3. The normalized spacial score (nSPS) is 13.9. The smallest absolute Gasteiger partial charge is 0.325 e. The second kappa shape index (κ2) is 10.1. The van der Waals surface area contributed by atoms with Crippen LogP contribution in [0.5, 0.6) is 0 Å². The van der Waals surface area contributed by atoms with Gasteiger partial charge in [-0.2, -0.15) is 0 Å². The second-order valence-corrected chi connectivity index (χ2v) is 5.93. The van der Waals surface area contributed by atoms with E-state index in [4.69, 9.17) is 16.6 Å². The highest BCUT2D eigenvalue weighted by molar-refractivity contribution is 5.92. The molecule has 1 aromatic carbocycles. The van der Waals surface area contributed by atoms with Crippen molar-refractivity contribution >= 4 is 23.7 Å². The Morgan fingerprint density at radius 1 is 1.08 bits per heavy atom. The number of primary amides is 1. The SMILES string of the molecule is C[C@H](NC(=O)[C@H](CCC(N)=O)NC(=O)[C@@H](N)Cc1ccccc1)C(=O)O. The van der Waals surface area contributed by atoms with Crippen LogP contribution in [-0.4, -0.2) is 46.9 Å². The number of benzene rings is 1. The molecule has 3 atom stereocenters. The fourth-order valence-corrected chi connectivity index (χ4v) is 2.17. The Kier molecular flexibility index (Phi) is 8.23. The van der Waals surface area contributed by atoms with E-state index in [1.807, 2.05) is 30.3 Å². The summed E-state index contributed by atoms with van der Waals surface area (Å²) in [6, 6.07) is 5.94. The summed E-state index contributed by atoms with van der Waals surface area (Å²) in [5, 5.41) is 13.6. The van der Waals surface area contributed by atoms with Crippen molar-refractivity contribution in [2.24, 2.45) is 11.5 Å². The monoisotopic (exact) mass is 364 g/mol.